The third-order valence-corrected chi connectivity index (χ3v) is 11.2. The van der Waals surface area contributed by atoms with Gasteiger partial charge in [0.15, 0.2) is 0 Å². The van der Waals surface area contributed by atoms with Crippen molar-refractivity contribution in [3.8, 4) is 22.4 Å². The van der Waals surface area contributed by atoms with Crippen molar-refractivity contribution in [3.63, 3.8) is 0 Å². The van der Waals surface area contributed by atoms with Gasteiger partial charge in [-0.3, -0.25) is 4.99 Å². The van der Waals surface area contributed by atoms with Crippen LogP contribution in [0.4, 0.5) is 0 Å². The van der Waals surface area contributed by atoms with Gasteiger partial charge >= 0.3 is 0 Å². The fourth-order valence-corrected chi connectivity index (χ4v) is 8.40. The Morgan fingerprint density at radius 3 is 1.80 bits per heavy atom. The predicted octanol–water partition coefficient (Wildman–Crippen LogP) is 13.3. The van der Waals surface area contributed by atoms with Crippen molar-refractivity contribution in [2.45, 2.75) is 6.17 Å². The van der Waals surface area contributed by atoms with E-state index in [9.17, 15) is 0 Å². The summed E-state index contributed by atoms with van der Waals surface area (Å²) in [6.07, 6.45) is 1.91. The highest BCUT2D eigenvalue weighted by Crippen LogP contribution is 2.38. The quantitative estimate of drug-likeness (QED) is 0.180. The lowest BCUT2D eigenvalue weighted by atomic mass is 9.93. The van der Waals surface area contributed by atoms with Crippen LogP contribution in [-0.4, -0.2) is 10.7 Å². The standard InChI is InChI=1S/C53H35N3/c1-3-14-37-29-41(25-23-34(37)11-1)49-33-50(42-26-24-35-12-2-4-15-38(35)30-42)56-53(55-49)44-19-10-17-40(32-44)39-16-9-18-43(31-39)52-47-28-27-36-13-5-6-20-45(36)51(47)46-21-7-8-22-48(46)54-52/h1-33,53,55H. The first-order chi connectivity index (χ1) is 27.7. The van der Waals surface area contributed by atoms with Crippen LogP contribution in [0.5, 0.6) is 0 Å². The van der Waals surface area contributed by atoms with E-state index < -0.39 is 0 Å². The Balaban J connectivity index is 1.01. The van der Waals surface area contributed by atoms with Crippen molar-refractivity contribution in [3.05, 3.63) is 217 Å². The second-order valence-electron chi connectivity index (χ2n) is 14.6. The Morgan fingerprint density at radius 2 is 1.00 bits per heavy atom. The summed E-state index contributed by atoms with van der Waals surface area (Å²) in [7, 11) is 0. The topological polar surface area (TPSA) is 37.3 Å². The van der Waals surface area contributed by atoms with E-state index in [1.165, 1.54) is 43.1 Å². The highest BCUT2D eigenvalue weighted by Gasteiger charge is 2.21. The van der Waals surface area contributed by atoms with Gasteiger partial charge in [0.25, 0.3) is 0 Å². The van der Waals surface area contributed by atoms with E-state index in [0.717, 1.165) is 61.4 Å². The zero-order valence-corrected chi connectivity index (χ0v) is 30.5. The normalized spacial score (nSPS) is 14.2. The van der Waals surface area contributed by atoms with Gasteiger partial charge in [-0.25, -0.2) is 4.98 Å². The van der Waals surface area contributed by atoms with Gasteiger partial charge in [-0.15, -0.1) is 0 Å². The molecule has 0 aliphatic carbocycles. The Kier molecular flexibility index (Phi) is 7.56. The van der Waals surface area contributed by atoms with Gasteiger partial charge in [0, 0.05) is 33.0 Å². The Bertz CT molecular complexity index is 3230. The molecule has 0 amide bonds. The molecule has 1 atom stereocenters. The summed E-state index contributed by atoms with van der Waals surface area (Å²) in [6, 6.07) is 69.5. The minimum absolute atomic E-state index is 0.287. The molecule has 0 saturated carbocycles. The summed E-state index contributed by atoms with van der Waals surface area (Å²) < 4.78 is 0. The van der Waals surface area contributed by atoms with E-state index in [1.807, 2.05) is 0 Å². The summed E-state index contributed by atoms with van der Waals surface area (Å²) in [5, 5.41) is 14.7. The zero-order valence-electron chi connectivity index (χ0n) is 30.5. The minimum Gasteiger partial charge on any atom is -0.360 e. The van der Waals surface area contributed by atoms with Gasteiger partial charge in [0.1, 0.15) is 6.17 Å². The maximum atomic E-state index is 5.37. The van der Waals surface area contributed by atoms with E-state index in [0.29, 0.717) is 0 Å². The van der Waals surface area contributed by atoms with Crippen molar-refractivity contribution in [1.29, 1.82) is 0 Å². The highest BCUT2D eigenvalue weighted by molar-refractivity contribution is 6.22. The molecule has 0 fully saturated rings. The molecule has 1 aliphatic heterocycles. The van der Waals surface area contributed by atoms with Gasteiger partial charge in [-0.1, -0.05) is 164 Å². The van der Waals surface area contributed by atoms with Crippen LogP contribution in [0.1, 0.15) is 22.9 Å². The largest absolute Gasteiger partial charge is 0.360 e. The molecule has 1 aliphatic rings. The van der Waals surface area contributed by atoms with Gasteiger partial charge in [0.05, 0.1) is 16.9 Å². The average Bonchev–Trinajstić information content (AvgIpc) is 3.28. The lowest BCUT2D eigenvalue weighted by molar-refractivity contribution is 0.664. The van der Waals surface area contributed by atoms with Crippen LogP contribution < -0.4 is 5.32 Å². The molecular weight excluding hydrogens is 679 g/mol. The van der Waals surface area contributed by atoms with Gasteiger partial charge in [-0.05, 0) is 91.0 Å². The number of para-hydroxylation sites is 1. The number of rotatable bonds is 5. The molecule has 11 rings (SSSR count). The van der Waals surface area contributed by atoms with Crippen molar-refractivity contribution in [1.82, 2.24) is 10.3 Å². The molecule has 0 bridgehead atoms. The molecule has 0 spiro atoms. The van der Waals surface area contributed by atoms with Crippen LogP contribution in [0, 0.1) is 0 Å². The summed E-state index contributed by atoms with van der Waals surface area (Å²) in [4.78, 5) is 10.7. The molecule has 3 nitrogen and oxygen atoms in total. The first-order valence-electron chi connectivity index (χ1n) is 19.2. The summed E-state index contributed by atoms with van der Waals surface area (Å²) in [5.74, 6) is 0. The van der Waals surface area contributed by atoms with Crippen LogP contribution in [0.3, 0.4) is 0 Å². The van der Waals surface area contributed by atoms with E-state index in [4.69, 9.17) is 9.98 Å². The molecule has 10 aromatic rings. The number of hydrogen-bond acceptors (Lipinski definition) is 3. The van der Waals surface area contributed by atoms with E-state index in [2.05, 4.69) is 206 Å². The first kappa shape index (κ1) is 32.1. The van der Waals surface area contributed by atoms with Crippen LogP contribution in [0.2, 0.25) is 0 Å². The maximum absolute atomic E-state index is 5.37. The predicted molar refractivity (Wildman–Crippen MR) is 236 cm³/mol. The van der Waals surface area contributed by atoms with Gasteiger partial charge in [0.2, 0.25) is 0 Å². The first-order valence-corrected chi connectivity index (χ1v) is 19.2. The third-order valence-electron chi connectivity index (χ3n) is 11.2. The SMILES string of the molecule is C1=C(c2ccc3ccccc3c2)NC(c2cccc(-c3cccc(-c4nc5ccccc5c5c4ccc4ccccc45)c3)c2)N=C1c1ccc2ccccc2c1. The zero-order chi connectivity index (χ0) is 37.0. The third kappa shape index (κ3) is 5.61. The number of fused-ring (bicyclic) bond motifs is 7. The van der Waals surface area contributed by atoms with E-state index in [-0.39, 0.29) is 6.17 Å². The van der Waals surface area contributed by atoms with Crippen LogP contribution in [-0.2, 0) is 0 Å². The fraction of sp³-hybridized carbons (Fsp3) is 0.0189. The molecule has 56 heavy (non-hydrogen) atoms. The summed E-state index contributed by atoms with van der Waals surface area (Å²) in [5.41, 5.74) is 10.7. The molecule has 3 heteroatoms. The number of aliphatic imine (C=N–C) groups is 1. The molecule has 9 aromatic carbocycles. The van der Waals surface area contributed by atoms with Crippen molar-refractivity contribution < 1.29 is 0 Å². The van der Waals surface area contributed by atoms with Crippen molar-refractivity contribution >= 4 is 65.4 Å². The molecule has 1 aromatic heterocycles. The van der Waals surface area contributed by atoms with Crippen molar-refractivity contribution in [2.24, 2.45) is 4.99 Å². The molecule has 0 saturated heterocycles. The molecule has 1 unspecified atom stereocenters. The average molecular weight is 714 g/mol. The number of aromatic nitrogens is 1. The fourth-order valence-electron chi connectivity index (χ4n) is 8.40. The van der Waals surface area contributed by atoms with Crippen LogP contribution >= 0.6 is 0 Å². The summed E-state index contributed by atoms with van der Waals surface area (Å²) >= 11 is 0. The number of benzene rings is 9. The molecule has 0 radical (unpaired) electrons. The molecule has 2 heterocycles. The Morgan fingerprint density at radius 1 is 0.393 bits per heavy atom. The monoisotopic (exact) mass is 713 g/mol. The van der Waals surface area contributed by atoms with E-state index in [1.54, 1.807) is 0 Å². The van der Waals surface area contributed by atoms with Gasteiger partial charge in [-0.2, -0.15) is 0 Å². The number of nitrogens with one attached hydrogen (secondary N) is 1. The Hall–Kier alpha value is -7.36. The van der Waals surface area contributed by atoms with Crippen LogP contribution in [0.15, 0.2) is 205 Å². The number of allylic oxidation sites excluding steroid dienone is 1. The second kappa shape index (κ2) is 13.2. The van der Waals surface area contributed by atoms with Crippen LogP contribution in [0.25, 0.3) is 82.1 Å². The molecule has 1 N–H and O–H groups in total. The molecule has 262 valence electrons. The smallest absolute Gasteiger partial charge is 0.145 e. The number of hydrogen-bond donors (Lipinski definition) is 1. The lowest BCUT2D eigenvalue weighted by Crippen LogP contribution is -2.24. The Labute approximate surface area is 324 Å². The van der Waals surface area contributed by atoms with Crippen molar-refractivity contribution in [2.75, 3.05) is 0 Å². The lowest BCUT2D eigenvalue weighted by Gasteiger charge is -2.25. The highest BCUT2D eigenvalue weighted by atomic mass is 15.1. The van der Waals surface area contributed by atoms with Gasteiger partial charge < -0.3 is 5.32 Å². The van der Waals surface area contributed by atoms with E-state index >= 15 is 0 Å². The summed E-state index contributed by atoms with van der Waals surface area (Å²) in [6.45, 7) is 0. The maximum Gasteiger partial charge on any atom is 0.145 e. The number of nitrogens with zero attached hydrogens (tertiary/aromatic N) is 2. The number of pyridine rings is 1. The second-order valence-corrected chi connectivity index (χ2v) is 14.6. The minimum atomic E-state index is -0.287. The molecular formula is C53H35N3.